The first-order chi connectivity index (χ1) is 11.5. The lowest BCUT2D eigenvalue weighted by molar-refractivity contribution is 0.133. The lowest BCUT2D eigenvalue weighted by atomic mass is 9.84. The van der Waals surface area contributed by atoms with Gasteiger partial charge in [0.15, 0.2) is 5.60 Å². The van der Waals surface area contributed by atoms with Gasteiger partial charge in [-0.25, -0.2) is 0 Å². The quantitative estimate of drug-likeness (QED) is 0.851. The van der Waals surface area contributed by atoms with E-state index in [0.717, 1.165) is 24.1 Å². The Hall–Kier alpha value is -2.08. The fourth-order valence-electron chi connectivity index (χ4n) is 3.31. The monoisotopic (exact) mass is 319 g/mol. The Balaban J connectivity index is 2.06. The first kappa shape index (κ1) is 16.8. The zero-order valence-corrected chi connectivity index (χ0v) is 14.5. The molecule has 2 heteroatoms. The molecule has 0 aromatic heterocycles. The minimum atomic E-state index is -1.29. The topological polar surface area (TPSA) is 23.5 Å². The highest BCUT2D eigenvalue weighted by molar-refractivity contribution is 5.45. The van der Waals surface area contributed by atoms with Crippen LogP contribution in [0.5, 0.6) is 0 Å². The van der Waals surface area contributed by atoms with Gasteiger partial charge in [0.25, 0.3) is 0 Å². The maximum Gasteiger partial charge on any atom is 0.176 e. The van der Waals surface area contributed by atoms with Crippen molar-refractivity contribution in [2.75, 3.05) is 13.6 Å². The minimum absolute atomic E-state index is 0.185. The second-order valence-electron chi connectivity index (χ2n) is 6.84. The van der Waals surface area contributed by atoms with E-state index in [1.165, 1.54) is 12.8 Å². The van der Waals surface area contributed by atoms with Crippen molar-refractivity contribution in [1.82, 2.24) is 4.90 Å². The van der Waals surface area contributed by atoms with Gasteiger partial charge in [-0.2, -0.15) is 0 Å². The molecule has 2 aromatic carbocycles. The molecule has 2 aromatic rings. The molecule has 0 aliphatic carbocycles. The van der Waals surface area contributed by atoms with Crippen molar-refractivity contribution in [2.24, 2.45) is 0 Å². The van der Waals surface area contributed by atoms with Crippen molar-refractivity contribution < 1.29 is 5.11 Å². The van der Waals surface area contributed by atoms with Gasteiger partial charge in [-0.05, 0) is 39.8 Å². The Labute approximate surface area is 145 Å². The van der Waals surface area contributed by atoms with E-state index >= 15 is 0 Å². The standard InChI is InChI=1S/C22H25NO/c1-21(15-9-10-18-23(21)2)16-17-22(24,19-11-5-3-6-12-19)20-13-7-4-8-14-20/h3-8,11-14,24H,9-10,15,18H2,1-2H3/t21-/m0/s1. The molecule has 0 saturated carbocycles. The highest BCUT2D eigenvalue weighted by Gasteiger charge is 2.33. The van der Waals surface area contributed by atoms with Gasteiger partial charge in [0, 0.05) is 11.1 Å². The molecule has 0 bridgehead atoms. The molecule has 1 N–H and O–H groups in total. The molecule has 124 valence electrons. The van der Waals surface area contributed by atoms with E-state index in [2.05, 4.69) is 30.7 Å². The van der Waals surface area contributed by atoms with Gasteiger partial charge in [0.05, 0.1) is 5.54 Å². The van der Waals surface area contributed by atoms with E-state index < -0.39 is 5.60 Å². The molecular weight excluding hydrogens is 294 g/mol. The molecule has 1 saturated heterocycles. The summed E-state index contributed by atoms with van der Waals surface area (Å²) in [6, 6.07) is 19.4. The van der Waals surface area contributed by atoms with Gasteiger partial charge in [0.1, 0.15) is 0 Å². The number of hydrogen-bond donors (Lipinski definition) is 1. The Kier molecular flexibility index (Phi) is 4.76. The number of piperidine rings is 1. The molecule has 1 aliphatic rings. The molecule has 24 heavy (non-hydrogen) atoms. The van der Waals surface area contributed by atoms with Gasteiger partial charge >= 0.3 is 0 Å². The zero-order valence-electron chi connectivity index (χ0n) is 14.5. The van der Waals surface area contributed by atoms with E-state index in [-0.39, 0.29) is 5.54 Å². The highest BCUT2D eigenvalue weighted by Crippen LogP contribution is 2.31. The number of likely N-dealkylation sites (tertiary alicyclic amines) is 1. The summed E-state index contributed by atoms with van der Waals surface area (Å²) in [6.45, 7) is 3.23. The summed E-state index contributed by atoms with van der Waals surface area (Å²) < 4.78 is 0. The number of hydrogen-bond acceptors (Lipinski definition) is 2. The molecule has 1 fully saturated rings. The summed E-state index contributed by atoms with van der Waals surface area (Å²) in [6.07, 6.45) is 3.44. The van der Waals surface area contributed by atoms with Crippen molar-refractivity contribution in [3.05, 3.63) is 71.8 Å². The molecule has 0 spiro atoms. The summed E-state index contributed by atoms with van der Waals surface area (Å²) in [5.74, 6) is 6.64. The molecule has 2 nitrogen and oxygen atoms in total. The zero-order chi connectivity index (χ0) is 17.0. The van der Waals surface area contributed by atoms with Crippen LogP contribution in [0.15, 0.2) is 60.7 Å². The van der Waals surface area contributed by atoms with Gasteiger partial charge < -0.3 is 5.11 Å². The van der Waals surface area contributed by atoms with Gasteiger partial charge in [-0.15, -0.1) is 0 Å². The number of nitrogens with zero attached hydrogens (tertiary/aromatic N) is 1. The average molecular weight is 319 g/mol. The summed E-state index contributed by atoms with van der Waals surface area (Å²) in [4.78, 5) is 2.31. The van der Waals surface area contributed by atoms with Crippen molar-refractivity contribution in [1.29, 1.82) is 0 Å². The largest absolute Gasteiger partial charge is 0.369 e. The van der Waals surface area contributed by atoms with E-state index in [4.69, 9.17) is 0 Å². The van der Waals surface area contributed by atoms with Crippen LogP contribution in [0, 0.1) is 11.8 Å². The van der Waals surface area contributed by atoms with Crippen LogP contribution >= 0.6 is 0 Å². The van der Waals surface area contributed by atoms with Gasteiger partial charge in [-0.3, -0.25) is 4.90 Å². The normalized spacial score (nSPS) is 21.8. The van der Waals surface area contributed by atoms with Crippen molar-refractivity contribution in [3.8, 4) is 11.8 Å². The third kappa shape index (κ3) is 3.24. The Morgan fingerprint density at radius 2 is 1.50 bits per heavy atom. The molecule has 1 atom stereocenters. The van der Waals surface area contributed by atoms with Crippen LogP contribution in [-0.2, 0) is 5.60 Å². The third-order valence-corrected chi connectivity index (χ3v) is 5.15. The molecule has 3 rings (SSSR count). The van der Waals surface area contributed by atoms with Crippen LogP contribution in [0.25, 0.3) is 0 Å². The van der Waals surface area contributed by atoms with Crippen LogP contribution < -0.4 is 0 Å². The lowest BCUT2D eigenvalue weighted by Gasteiger charge is -2.39. The minimum Gasteiger partial charge on any atom is -0.369 e. The second kappa shape index (κ2) is 6.81. The van der Waals surface area contributed by atoms with Crippen LogP contribution in [0.2, 0.25) is 0 Å². The van der Waals surface area contributed by atoms with Crippen LogP contribution in [0.1, 0.15) is 37.3 Å². The van der Waals surface area contributed by atoms with Crippen molar-refractivity contribution in [3.63, 3.8) is 0 Å². The van der Waals surface area contributed by atoms with Crippen LogP contribution in [-0.4, -0.2) is 29.1 Å². The van der Waals surface area contributed by atoms with Crippen molar-refractivity contribution in [2.45, 2.75) is 37.3 Å². The van der Waals surface area contributed by atoms with E-state index in [9.17, 15) is 5.11 Å². The van der Waals surface area contributed by atoms with Gasteiger partial charge in [0.2, 0.25) is 0 Å². The fourth-order valence-corrected chi connectivity index (χ4v) is 3.31. The summed E-state index contributed by atoms with van der Waals surface area (Å²) in [5, 5.41) is 11.5. The van der Waals surface area contributed by atoms with Gasteiger partial charge in [-0.1, -0.05) is 72.5 Å². The Morgan fingerprint density at radius 1 is 0.958 bits per heavy atom. The second-order valence-corrected chi connectivity index (χ2v) is 6.84. The molecule has 0 unspecified atom stereocenters. The lowest BCUT2D eigenvalue weighted by Crippen LogP contribution is -2.46. The third-order valence-electron chi connectivity index (χ3n) is 5.15. The first-order valence-electron chi connectivity index (χ1n) is 8.64. The maximum absolute atomic E-state index is 11.5. The van der Waals surface area contributed by atoms with Crippen molar-refractivity contribution >= 4 is 0 Å². The van der Waals surface area contributed by atoms with E-state index in [0.29, 0.717) is 0 Å². The predicted molar refractivity (Wildman–Crippen MR) is 98.5 cm³/mol. The number of aliphatic hydroxyl groups is 1. The number of benzene rings is 2. The summed E-state index contributed by atoms with van der Waals surface area (Å²) in [7, 11) is 2.12. The van der Waals surface area contributed by atoms with Crippen LogP contribution in [0.3, 0.4) is 0 Å². The van der Waals surface area contributed by atoms with E-state index in [1.54, 1.807) is 0 Å². The SMILES string of the molecule is CN1CCCC[C@@]1(C)C#CC(O)(c1ccccc1)c1ccccc1. The summed E-state index contributed by atoms with van der Waals surface area (Å²) in [5.41, 5.74) is 0.149. The van der Waals surface area contributed by atoms with E-state index in [1.807, 2.05) is 60.7 Å². The number of rotatable bonds is 2. The molecule has 1 aliphatic heterocycles. The molecule has 1 heterocycles. The molecule has 0 amide bonds. The summed E-state index contributed by atoms with van der Waals surface area (Å²) >= 11 is 0. The maximum atomic E-state index is 11.5. The Bertz CT molecular complexity index is 689. The molecular formula is C22H25NO. The average Bonchev–Trinajstić information content (AvgIpc) is 2.64. The predicted octanol–water partition coefficient (Wildman–Crippen LogP) is 3.80. The fraction of sp³-hybridized carbons (Fsp3) is 0.364. The van der Waals surface area contributed by atoms with Crippen LogP contribution in [0.4, 0.5) is 0 Å². The highest BCUT2D eigenvalue weighted by atomic mass is 16.3. The smallest absolute Gasteiger partial charge is 0.176 e. The first-order valence-corrected chi connectivity index (χ1v) is 8.64. The Morgan fingerprint density at radius 3 is 2.00 bits per heavy atom. The molecule has 0 radical (unpaired) electrons.